The van der Waals surface area contributed by atoms with E-state index in [2.05, 4.69) is 16.4 Å². The maximum Gasteiger partial charge on any atom is 0.414 e. The van der Waals surface area contributed by atoms with Crippen molar-refractivity contribution in [3.63, 3.8) is 0 Å². The van der Waals surface area contributed by atoms with Crippen LogP contribution >= 0.6 is 11.3 Å². The number of rotatable bonds is 3. The first-order chi connectivity index (χ1) is 10.9. The second-order valence-electron chi connectivity index (χ2n) is 6.50. The van der Waals surface area contributed by atoms with Crippen molar-refractivity contribution in [1.82, 2.24) is 4.98 Å². The monoisotopic (exact) mass is 331 g/mol. The number of nitrogens with one attached hydrogen (secondary N) is 1. The number of carbonyl (C=O) groups excluding carboxylic acids is 1. The van der Waals surface area contributed by atoms with E-state index >= 15 is 0 Å². The summed E-state index contributed by atoms with van der Waals surface area (Å²) >= 11 is 1.56. The number of hydrogen-bond acceptors (Lipinski definition) is 5. The molecule has 5 nitrogen and oxygen atoms in total. The van der Waals surface area contributed by atoms with E-state index < -0.39 is 5.60 Å². The number of ether oxygens (including phenoxy) is 1. The Bertz CT molecular complexity index is 692. The van der Waals surface area contributed by atoms with Gasteiger partial charge in [0.15, 0.2) is 5.13 Å². The van der Waals surface area contributed by atoms with Gasteiger partial charge in [-0.3, -0.25) is 4.90 Å². The molecule has 2 aromatic rings. The van der Waals surface area contributed by atoms with Crippen LogP contribution in [-0.4, -0.2) is 23.2 Å². The van der Waals surface area contributed by atoms with E-state index in [0.717, 1.165) is 22.8 Å². The number of para-hydroxylation sites is 1. The molecule has 0 bridgehead atoms. The van der Waals surface area contributed by atoms with Crippen molar-refractivity contribution in [2.45, 2.75) is 39.3 Å². The molecule has 0 fully saturated rings. The van der Waals surface area contributed by atoms with Crippen LogP contribution in [0.5, 0.6) is 0 Å². The van der Waals surface area contributed by atoms with Crippen molar-refractivity contribution < 1.29 is 9.53 Å². The molecule has 0 saturated heterocycles. The lowest BCUT2D eigenvalue weighted by Gasteiger charge is -2.26. The molecule has 1 amide bonds. The zero-order valence-corrected chi connectivity index (χ0v) is 14.4. The van der Waals surface area contributed by atoms with Crippen molar-refractivity contribution in [2.24, 2.45) is 0 Å². The Morgan fingerprint density at radius 3 is 2.96 bits per heavy atom. The Morgan fingerprint density at radius 2 is 2.26 bits per heavy atom. The molecule has 1 aliphatic heterocycles. The maximum absolute atomic E-state index is 12.5. The Kier molecular flexibility index (Phi) is 4.26. The topological polar surface area (TPSA) is 54.5 Å². The Hall–Kier alpha value is -2.08. The molecule has 0 aliphatic carbocycles. The third-order valence-corrected chi connectivity index (χ3v) is 4.28. The van der Waals surface area contributed by atoms with Gasteiger partial charge in [-0.15, -0.1) is 11.3 Å². The lowest BCUT2D eigenvalue weighted by atomic mass is 10.1. The lowest BCUT2D eigenvalue weighted by molar-refractivity contribution is 0.0583. The minimum Gasteiger partial charge on any atom is -0.443 e. The molecule has 0 unspecified atom stereocenters. The molecule has 1 aliphatic rings. The average Bonchev–Trinajstić information content (AvgIpc) is 3.12. The number of carbonyl (C=O) groups is 1. The second kappa shape index (κ2) is 6.20. The predicted molar refractivity (Wildman–Crippen MR) is 93.2 cm³/mol. The van der Waals surface area contributed by atoms with Crippen LogP contribution < -0.4 is 10.2 Å². The highest BCUT2D eigenvalue weighted by Crippen LogP contribution is 2.33. The van der Waals surface area contributed by atoms with Crippen LogP contribution in [0.4, 0.5) is 15.6 Å². The molecule has 3 rings (SSSR count). The largest absolute Gasteiger partial charge is 0.443 e. The fraction of sp³-hybridized carbons (Fsp3) is 0.412. The minimum absolute atomic E-state index is 0.280. The standard InChI is InChI=1S/C17H21N3O2S/c1-17(2,3)22-16(21)20-9-7-12-5-4-6-13(14(12)20)11-19-15-18-8-10-23-15/h4-6,8,10H,7,9,11H2,1-3H3,(H,18,19). The van der Waals surface area contributed by atoms with E-state index in [9.17, 15) is 4.79 Å². The van der Waals surface area contributed by atoms with E-state index in [1.165, 1.54) is 5.56 Å². The van der Waals surface area contributed by atoms with Gasteiger partial charge in [0.05, 0.1) is 5.69 Å². The summed E-state index contributed by atoms with van der Waals surface area (Å²) in [6.07, 6.45) is 2.35. The van der Waals surface area contributed by atoms with Gasteiger partial charge in [-0.1, -0.05) is 18.2 Å². The van der Waals surface area contributed by atoms with Crippen LogP contribution in [0.1, 0.15) is 31.9 Å². The highest BCUT2D eigenvalue weighted by molar-refractivity contribution is 7.13. The summed E-state index contributed by atoms with van der Waals surface area (Å²) in [4.78, 5) is 18.5. The number of nitrogens with zero attached hydrogens (tertiary/aromatic N) is 2. The fourth-order valence-corrected chi connectivity index (χ4v) is 3.19. The molecule has 2 heterocycles. The number of anilines is 2. The zero-order chi connectivity index (χ0) is 16.4. The first-order valence-electron chi connectivity index (χ1n) is 7.69. The maximum atomic E-state index is 12.5. The number of benzene rings is 1. The minimum atomic E-state index is -0.492. The Morgan fingerprint density at radius 1 is 1.43 bits per heavy atom. The van der Waals surface area contributed by atoms with Gasteiger partial charge in [-0.05, 0) is 38.3 Å². The van der Waals surface area contributed by atoms with Crippen LogP contribution in [0.3, 0.4) is 0 Å². The van der Waals surface area contributed by atoms with Gasteiger partial charge in [0, 0.05) is 24.7 Å². The summed E-state index contributed by atoms with van der Waals surface area (Å²) in [5.74, 6) is 0. The number of aromatic nitrogens is 1. The molecule has 23 heavy (non-hydrogen) atoms. The highest BCUT2D eigenvalue weighted by atomic mass is 32.1. The number of thiazole rings is 1. The number of fused-ring (bicyclic) bond motifs is 1. The van der Waals surface area contributed by atoms with Crippen molar-refractivity contribution in [1.29, 1.82) is 0 Å². The molecule has 122 valence electrons. The predicted octanol–water partition coefficient (Wildman–Crippen LogP) is 4.05. The molecule has 0 radical (unpaired) electrons. The van der Waals surface area contributed by atoms with E-state index in [0.29, 0.717) is 13.1 Å². The van der Waals surface area contributed by atoms with Gasteiger partial charge in [0.25, 0.3) is 0 Å². The first-order valence-corrected chi connectivity index (χ1v) is 8.57. The van der Waals surface area contributed by atoms with Crippen molar-refractivity contribution in [2.75, 3.05) is 16.8 Å². The van der Waals surface area contributed by atoms with Crippen LogP contribution in [-0.2, 0) is 17.7 Å². The van der Waals surface area contributed by atoms with Crippen molar-refractivity contribution in [3.05, 3.63) is 40.9 Å². The summed E-state index contributed by atoms with van der Waals surface area (Å²) in [5.41, 5.74) is 2.76. The smallest absolute Gasteiger partial charge is 0.414 e. The molecule has 1 N–H and O–H groups in total. The van der Waals surface area contributed by atoms with Gasteiger partial charge in [-0.25, -0.2) is 9.78 Å². The quantitative estimate of drug-likeness (QED) is 0.922. The molecule has 1 aromatic heterocycles. The molecule has 6 heteroatoms. The highest BCUT2D eigenvalue weighted by Gasteiger charge is 2.30. The van der Waals surface area contributed by atoms with Crippen LogP contribution in [0.15, 0.2) is 29.8 Å². The van der Waals surface area contributed by atoms with Crippen LogP contribution in [0.2, 0.25) is 0 Å². The zero-order valence-electron chi connectivity index (χ0n) is 13.6. The molecule has 0 atom stereocenters. The van der Waals surface area contributed by atoms with Gasteiger partial charge in [-0.2, -0.15) is 0 Å². The van der Waals surface area contributed by atoms with Crippen molar-refractivity contribution in [3.8, 4) is 0 Å². The summed E-state index contributed by atoms with van der Waals surface area (Å²) < 4.78 is 5.54. The molecule has 0 saturated carbocycles. The second-order valence-corrected chi connectivity index (χ2v) is 7.39. The summed E-state index contributed by atoms with van der Waals surface area (Å²) in [5, 5.41) is 6.12. The Balaban J connectivity index is 1.81. The van der Waals surface area contributed by atoms with E-state index in [-0.39, 0.29) is 6.09 Å². The third-order valence-electron chi connectivity index (χ3n) is 3.55. The molecule has 1 aromatic carbocycles. The van der Waals surface area contributed by atoms with Crippen LogP contribution in [0, 0.1) is 0 Å². The number of amides is 1. The first kappa shape index (κ1) is 15.8. The van der Waals surface area contributed by atoms with Gasteiger partial charge in [0.1, 0.15) is 5.60 Å². The van der Waals surface area contributed by atoms with Gasteiger partial charge >= 0.3 is 6.09 Å². The summed E-state index contributed by atoms with van der Waals surface area (Å²) in [7, 11) is 0. The van der Waals surface area contributed by atoms with Crippen LogP contribution in [0.25, 0.3) is 0 Å². The number of hydrogen-bond donors (Lipinski definition) is 1. The normalized spacial score (nSPS) is 13.8. The SMILES string of the molecule is CC(C)(C)OC(=O)N1CCc2cccc(CNc3nccs3)c21. The van der Waals surface area contributed by atoms with E-state index in [1.54, 1.807) is 22.4 Å². The Labute approximate surface area is 140 Å². The average molecular weight is 331 g/mol. The van der Waals surface area contributed by atoms with Gasteiger partial charge in [0.2, 0.25) is 0 Å². The summed E-state index contributed by atoms with van der Waals surface area (Å²) in [6, 6.07) is 6.16. The molecular weight excluding hydrogens is 310 g/mol. The van der Waals surface area contributed by atoms with Gasteiger partial charge < -0.3 is 10.1 Å². The third kappa shape index (κ3) is 3.64. The van der Waals surface area contributed by atoms with E-state index in [1.807, 2.05) is 38.3 Å². The molecular formula is C17H21N3O2S. The fourth-order valence-electron chi connectivity index (χ4n) is 2.66. The van der Waals surface area contributed by atoms with Crippen molar-refractivity contribution >= 4 is 28.2 Å². The lowest BCUT2D eigenvalue weighted by Crippen LogP contribution is -2.36. The van der Waals surface area contributed by atoms with E-state index in [4.69, 9.17) is 4.74 Å². The summed E-state index contributed by atoms with van der Waals surface area (Å²) in [6.45, 7) is 6.96. The molecule has 0 spiro atoms.